The van der Waals surface area contributed by atoms with Crippen LogP contribution in [0.4, 0.5) is 4.39 Å². The summed E-state index contributed by atoms with van der Waals surface area (Å²) in [7, 11) is -6.33. The normalized spacial score (nSPS) is 13.8. The summed E-state index contributed by atoms with van der Waals surface area (Å²) in [5.41, 5.74) is 5.40. The van der Waals surface area contributed by atoms with E-state index in [1.165, 1.54) is 7.05 Å². The minimum Gasteiger partial charge on any atom is -0.329 e. The lowest BCUT2D eigenvalue weighted by Gasteiger charge is -2.23. The molecule has 0 aromatic heterocycles. The molecule has 0 aliphatic heterocycles. The van der Waals surface area contributed by atoms with Gasteiger partial charge in [0, 0.05) is 25.9 Å². The number of sulfonamides is 1. The second-order valence-electron chi connectivity index (χ2n) is 4.47. The molecule has 0 aliphatic rings. The van der Waals surface area contributed by atoms with Crippen molar-refractivity contribution < 1.29 is 21.2 Å². The van der Waals surface area contributed by atoms with Crippen LogP contribution in [-0.2, 0) is 19.9 Å². The van der Waals surface area contributed by atoms with E-state index < -0.39 is 36.6 Å². The molecule has 0 radical (unpaired) electrons. The number of halogens is 2. The van der Waals surface area contributed by atoms with Gasteiger partial charge in [-0.1, -0.05) is 0 Å². The molecule has 0 spiro atoms. The minimum atomic E-state index is -3.92. The molecule has 10 heteroatoms. The molecule has 0 amide bonds. The number of hydrogen-bond acceptors (Lipinski definition) is 5. The first-order valence-corrected chi connectivity index (χ1v) is 9.02. The van der Waals surface area contributed by atoms with E-state index in [2.05, 4.69) is 0 Å². The van der Waals surface area contributed by atoms with Crippen molar-refractivity contribution in [3.63, 3.8) is 0 Å². The predicted molar refractivity (Wildman–Crippen MR) is 80.2 cm³/mol. The molecule has 21 heavy (non-hydrogen) atoms. The highest BCUT2D eigenvalue weighted by atomic mass is 35.5. The van der Waals surface area contributed by atoms with Gasteiger partial charge in [-0.05, 0) is 25.1 Å². The predicted octanol–water partition coefficient (Wildman–Crippen LogP) is 0.619. The smallest absolute Gasteiger partial charge is 0.243 e. The molecule has 1 rings (SSSR count). The maximum atomic E-state index is 13.7. The monoisotopic (exact) mass is 360 g/mol. The van der Waals surface area contributed by atoms with Crippen LogP contribution in [0.3, 0.4) is 0 Å². The number of sulfone groups is 1. The van der Waals surface area contributed by atoms with Crippen molar-refractivity contribution in [1.82, 2.24) is 4.31 Å². The molecule has 1 atom stereocenters. The van der Waals surface area contributed by atoms with E-state index in [1.54, 1.807) is 6.92 Å². The standard InChI is InChI=1S/C11H17FN2O4S2.ClH/c1-8(7-13)14(2)20(17,18)9-4-5-11(10(12)6-9)19(3,15)16;/h4-6,8H,7,13H2,1-3H3;1H. The van der Waals surface area contributed by atoms with Crippen molar-refractivity contribution in [2.45, 2.75) is 22.8 Å². The van der Waals surface area contributed by atoms with Crippen molar-refractivity contribution in [1.29, 1.82) is 0 Å². The molecule has 0 heterocycles. The van der Waals surface area contributed by atoms with E-state index in [9.17, 15) is 21.2 Å². The van der Waals surface area contributed by atoms with Crippen LogP contribution >= 0.6 is 12.4 Å². The van der Waals surface area contributed by atoms with E-state index in [0.29, 0.717) is 6.07 Å². The van der Waals surface area contributed by atoms with Crippen molar-refractivity contribution in [3.05, 3.63) is 24.0 Å². The summed E-state index contributed by atoms with van der Waals surface area (Å²) in [6.45, 7) is 1.72. The van der Waals surface area contributed by atoms with Crippen LogP contribution in [0.5, 0.6) is 0 Å². The Morgan fingerprint density at radius 1 is 1.29 bits per heavy atom. The van der Waals surface area contributed by atoms with E-state index >= 15 is 0 Å². The van der Waals surface area contributed by atoms with Gasteiger partial charge in [-0.2, -0.15) is 4.31 Å². The Morgan fingerprint density at radius 3 is 2.19 bits per heavy atom. The topological polar surface area (TPSA) is 97.5 Å². The summed E-state index contributed by atoms with van der Waals surface area (Å²) >= 11 is 0. The van der Waals surface area contributed by atoms with Crippen LogP contribution in [0.25, 0.3) is 0 Å². The summed E-state index contributed by atoms with van der Waals surface area (Å²) in [5, 5.41) is 0. The lowest BCUT2D eigenvalue weighted by atomic mass is 10.3. The highest BCUT2D eigenvalue weighted by Gasteiger charge is 2.26. The molecule has 0 bridgehead atoms. The zero-order valence-electron chi connectivity index (χ0n) is 11.8. The highest BCUT2D eigenvalue weighted by Crippen LogP contribution is 2.22. The molecule has 1 aromatic rings. The van der Waals surface area contributed by atoms with Gasteiger partial charge in [0.1, 0.15) is 10.7 Å². The molecule has 0 aliphatic carbocycles. The number of likely N-dealkylation sites (N-methyl/N-ethyl adjacent to an activating group) is 1. The van der Waals surface area contributed by atoms with Crippen LogP contribution in [-0.4, -0.2) is 47.0 Å². The van der Waals surface area contributed by atoms with Crippen molar-refractivity contribution in [2.24, 2.45) is 5.73 Å². The Kier molecular flexibility index (Phi) is 6.77. The quantitative estimate of drug-likeness (QED) is 0.830. The summed E-state index contributed by atoms with van der Waals surface area (Å²) in [4.78, 5) is -0.851. The Bertz CT molecular complexity index is 707. The zero-order chi connectivity index (χ0) is 15.7. The number of nitrogens with two attached hydrogens (primary N) is 1. The van der Waals surface area contributed by atoms with E-state index in [0.717, 1.165) is 22.7 Å². The molecule has 2 N–H and O–H groups in total. The summed E-state index contributed by atoms with van der Waals surface area (Å²) in [5.74, 6) is -1.10. The largest absolute Gasteiger partial charge is 0.329 e. The second kappa shape index (κ2) is 7.01. The second-order valence-corrected chi connectivity index (χ2v) is 8.45. The van der Waals surface area contributed by atoms with Gasteiger partial charge in [-0.15, -0.1) is 12.4 Å². The number of hydrogen-bond donors (Lipinski definition) is 1. The van der Waals surface area contributed by atoms with Crippen LogP contribution in [0.2, 0.25) is 0 Å². The van der Waals surface area contributed by atoms with Crippen molar-refractivity contribution >= 4 is 32.3 Å². The third-order valence-corrected chi connectivity index (χ3v) is 6.04. The van der Waals surface area contributed by atoms with Crippen LogP contribution < -0.4 is 5.73 Å². The first-order chi connectivity index (χ1) is 9.01. The number of benzene rings is 1. The lowest BCUT2D eigenvalue weighted by molar-refractivity contribution is 0.394. The third-order valence-electron chi connectivity index (χ3n) is 2.94. The van der Waals surface area contributed by atoms with E-state index in [4.69, 9.17) is 5.73 Å². The molecule has 1 unspecified atom stereocenters. The highest BCUT2D eigenvalue weighted by molar-refractivity contribution is 7.90. The molecule has 0 saturated heterocycles. The first kappa shape index (κ1) is 20.3. The SMILES string of the molecule is CC(CN)N(C)S(=O)(=O)c1ccc(S(C)(=O)=O)c(F)c1.Cl. The summed E-state index contributed by atoms with van der Waals surface area (Å²) in [6, 6.07) is 2.25. The molecule has 0 saturated carbocycles. The average molecular weight is 361 g/mol. The minimum absolute atomic E-state index is 0. The third kappa shape index (κ3) is 4.36. The van der Waals surface area contributed by atoms with Crippen molar-refractivity contribution in [2.75, 3.05) is 19.8 Å². The van der Waals surface area contributed by atoms with Gasteiger partial charge in [-0.3, -0.25) is 0 Å². The maximum Gasteiger partial charge on any atom is 0.243 e. The fourth-order valence-electron chi connectivity index (χ4n) is 1.49. The Hall–Kier alpha value is -0.740. The van der Waals surface area contributed by atoms with Gasteiger partial charge in [0.15, 0.2) is 9.84 Å². The van der Waals surface area contributed by atoms with Gasteiger partial charge in [0.25, 0.3) is 0 Å². The van der Waals surface area contributed by atoms with Crippen LogP contribution in [0.1, 0.15) is 6.92 Å². The van der Waals surface area contributed by atoms with Gasteiger partial charge >= 0.3 is 0 Å². The Labute approximate surface area is 130 Å². The maximum absolute atomic E-state index is 13.7. The Balaban J connectivity index is 0.00000400. The first-order valence-electron chi connectivity index (χ1n) is 5.69. The number of rotatable bonds is 5. The van der Waals surface area contributed by atoms with Crippen LogP contribution in [0.15, 0.2) is 28.0 Å². The molecule has 122 valence electrons. The summed E-state index contributed by atoms with van der Waals surface area (Å²) < 4.78 is 61.7. The van der Waals surface area contributed by atoms with Gasteiger partial charge in [-0.25, -0.2) is 21.2 Å². The molecule has 1 aromatic carbocycles. The van der Waals surface area contributed by atoms with E-state index in [-0.39, 0.29) is 23.8 Å². The fourth-order valence-corrected chi connectivity index (χ4v) is 3.61. The number of nitrogens with zero attached hydrogens (tertiary/aromatic N) is 1. The van der Waals surface area contributed by atoms with Crippen molar-refractivity contribution in [3.8, 4) is 0 Å². The van der Waals surface area contributed by atoms with Gasteiger partial charge < -0.3 is 5.73 Å². The molecule has 0 fully saturated rings. The van der Waals surface area contributed by atoms with Gasteiger partial charge in [0.2, 0.25) is 10.0 Å². The van der Waals surface area contributed by atoms with Gasteiger partial charge in [0.05, 0.1) is 4.90 Å². The van der Waals surface area contributed by atoms with E-state index in [1.807, 2.05) is 0 Å². The average Bonchev–Trinajstić information content (AvgIpc) is 2.35. The molecule has 6 nitrogen and oxygen atoms in total. The molecular formula is C11H18ClFN2O4S2. The zero-order valence-corrected chi connectivity index (χ0v) is 14.2. The lowest BCUT2D eigenvalue weighted by Crippen LogP contribution is -2.39. The fraction of sp³-hybridized carbons (Fsp3) is 0.455. The summed E-state index contributed by atoms with van der Waals surface area (Å²) in [6.07, 6.45) is 0.849. The van der Waals surface area contributed by atoms with Crippen LogP contribution in [0, 0.1) is 5.82 Å². The molecular weight excluding hydrogens is 343 g/mol. The Morgan fingerprint density at radius 2 is 1.81 bits per heavy atom.